The number of hydrogen-bond acceptors (Lipinski definition) is 0. The summed E-state index contributed by atoms with van der Waals surface area (Å²) in [6.45, 7) is 92.4. The lowest BCUT2D eigenvalue weighted by molar-refractivity contribution is 0.0754. The van der Waals surface area contributed by atoms with E-state index in [0.717, 1.165) is 53.3 Å². The average molecular weight is 1030 g/mol. The third-order valence-corrected chi connectivity index (χ3v) is 14.9. The minimum atomic E-state index is 0.500. The highest BCUT2D eigenvalue weighted by Crippen LogP contribution is 2.48. The molecule has 0 spiro atoms. The minimum Gasteiger partial charge on any atom is -0.0683 e. The molecule has 2 saturated carbocycles. The molecule has 0 bridgehead atoms. The summed E-state index contributed by atoms with van der Waals surface area (Å²) in [4.78, 5) is 0. The van der Waals surface area contributed by atoms with Crippen molar-refractivity contribution in [3.05, 3.63) is 0 Å². The fourth-order valence-corrected chi connectivity index (χ4v) is 6.25. The van der Waals surface area contributed by atoms with E-state index >= 15 is 0 Å². The molecule has 0 atom stereocenters. The van der Waals surface area contributed by atoms with E-state index in [1.54, 1.807) is 0 Å². The van der Waals surface area contributed by atoms with Gasteiger partial charge in [0.2, 0.25) is 0 Å². The number of rotatable bonds is 8. The second-order valence-electron chi connectivity index (χ2n) is 30.2. The highest BCUT2D eigenvalue weighted by molar-refractivity contribution is 4.87. The minimum absolute atomic E-state index is 0.500. The van der Waals surface area contributed by atoms with Crippen LogP contribution < -0.4 is 0 Å². The van der Waals surface area contributed by atoms with Gasteiger partial charge in [-0.3, -0.25) is 0 Å². The Bertz CT molecular complexity index is 899. The van der Waals surface area contributed by atoms with E-state index in [4.69, 9.17) is 0 Å². The van der Waals surface area contributed by atoms with Gasteiger partial charge in [0.1, 0.15) is 0 Å². The summed E-state index contributed by atoms with van der Waals surface area (Å²) in [6, 6.07) is 0. The molecule has 0 aromatic rings. The molecule has 0 unspecified atom stereocenters. The first-order valence-corrected chi connectivity index (χ1v) is 32.2. The first-order valence-electron chi connectivity index (χ1n) is 32.2. The maximum absolute atomic E-state index is 2.41. The smallest absolute Gasteiger partial charge is 0.0347 e. The highest BCUT2D eigenvalue weighted by atomic mass is 14.4. The second-order valence-corrected chi connectivity index (χ2v) is 30.2. The van der Waals surface area contributed by atoms with Gasteiger partial charge in [0, 0.05) is 0 Å². The molecule has 0 radical (unpaired) electrons. The van der Waals surface area contributed by atoms with Crippen molar-refractivity contribution in [3.8, 4) is 0 Å². The van der Waals surface area contributed by atoms with Crippen molar-refractivity contribution < 1.29 is 0 Å². The molecule has 0 aromatic heterocycles. The molecule has 2 aliphatic rings. The fourth-order valence-electron chi connectivity index (χ4n) is 6.25. The Hall–Kier alpha value is 0. The van der Waals surface area contributed by atoms with E-state index < -0.39 is 0 Å². The predicted octanol–water partition coefficient (Wildman–Crippen LogP) is 28.4. The molecule has 0 N–H and O–H groups in total. The molecule has 0 aromatic carbocycles. The van der Waals surface area contributed by atoms with Gasteiger partial charge in [-0.15, -0.1) is 0 Å². The Morgan fingerprint density at radius 3 is 0.778 bits per heavy atom. The van der Waals surface area contributed by atoms with Crippen LogP contribution in [0.2, 0.25) is 0 Å². The topological polar surface area (TPSA) is 0 Å². The molecule has 0 heterocycles. The summed E-state index contributed by atoms with van der Waals surface area (Å²) < 4.78 is 0. The summed E-state index contributed by atoms with van der Waals surface area (Å²) in [5.74, 6) is 7.93. The van der Waals surface area contributed by atoms with Gasteiger partial charge < -0.3 is 0 Å². The number of unbranched alkanes of at least 4 members (excludes halogenated alkanes) is 1. The standard InChI is InChI=1S/C11H22.C9H18.C8H18.2C7H16.2C6H14.C5H12.2C4H10.C3H8.C2H6/c1-9-6-10(2,3)8-11(4,5)7-9;1-8-4-6-9(2,3)7-5-8;1-6(2)8(5)7(3)4;1-6(2)7(3,4)5;1-5-7(3,4)6-2;1-5-6(2,3)4;1-4-6(3)5-2;1-4-5(2)3;1-4(2)3;1-3-4-2;1-3-2;1-2/h9H,6-8H2,1-5H3;8H,4-7H2,1-3H3;6-8H,1-5H3;6H,1-5H3;5-6H2,1-4H3;5H2,1-4H3;6H,4-5H2,1-3H3;5H,4H2,1-3H3;4H,1-3H3;3-4H2,1-2H3;3H2,1-2H3;1-2H3. The summed E-state index contributed by atoms with van der Waals surface area (Å²) in [5.41, 5.74) is 3.45. The van der Waals surface area contributed by atoms with E-state index in [-0.39, 0.29) is 0 Å². The molecule has 452 valence electrons. The fraction of sp³-hybridized carbons (Fsp3) is 1.00. The Kier molecular flexibility index (Phi) is 73.1. The first kappa shape index (κ1) is 94.4. The zero-order valence-corrected chi connectivity index (χ0v) is 60.5. The van der Waals surface area contributed by atoms with Crippen LogP contribution in [0, 0.1) is 85.8 Å². The van der Waals surface area contributed by atoms with Crippen molar-refractivity contribution >= 4 is 0 Å². The van der Waals surface area contributed by atoms with Gasteiger partial charge in [-0.25, -0.2) is 0 Å². The molecule has 0 nitrogen and oxygen atoms in total. The molecule has 72 heavy (non-hydrogen) atoms. The van der Waals surface area contributed by atoms with E-state index in [1.807, 2.05) is 13.8 Å². The van der Waals surface area contributed by atoms with Crippen molar-refractivity contribution in [2.24, 2.45) is 85.8 Å². The number of hydrogen-bond donors (Lipinski definition) is 0. The summed E-state index contributed by atoms with van der Waals surface area (Å²) in [5, 5.41) is 0. The maximum atomic E-state index is 2.41. The summed E-state index contributed by atoms with van der Waals surface area (Å²) >= 11 is 0. The SMILES string of the molecule is CC.CC(C)C.CC(C)C(C)(C)C.CC(C)C(C)C(C)C.CC1CC(C)(C)CC(C)(C)C1.CC1CCC(C)(C)CC1.CCC.CCC(C)(C)C.CCC(C)(C)CC.CCC(C)C.CCC(C)CC.CCCC. The molecule has 0 heteroatoms. The average Bonchev–Trinajstić information content (AvgIpc) is 3.24. The van der Waals surface area contributed by atoms with Crippen LogP contribution in [0.25, 0.3) is 0 Å². The van der Waals surface area contributed by atoms with Crippen molar-refractivity contribution in [2.75, 3.05) is 0 Å². The van der Waals surface area contributed by atoms with Crippen molar-refractivity contribution in [1.82, 2.24) is 0 Å². The van der Waals surface area contributed by atoms with Crippen molar-refractivity contribution in [2.45, 2.75) is 387 Å². The van der Waals surface area contributed by atoms with Crippen molar-refractivity contribution in [3.63, 3.8) is 0 Å². The van der Waals surface area contributed by atoms with Crippen LogP contribution in [0.15, 0.2) is 0 Å². The lowest BCUT2D eigenvalue weighted by atomic mass is 9.62. The van der Waals surface area contributed by atoms with Gasteiger partial charge in [-0.2, -0.15) is 0 Å². The lowest BCUT2D eigenvalue weighted by Gasteiger charge is -2.44. The van der Waals surface area contributed by atoms with E-state index in [0.29, 0.717) is 32.5 Å². The van der Waals surface area contributed by atoms with Gasteiger partial charge in [-0.1, -0.05) is 355 Å². The van der Waals surface area contributed by atoms with Crippen LogP contribution in [0.5, 0.6) is 0 Å². The Labute approximate surface area is 470 Å². The van der Waals surface area contributed by atoms with Gasteiger partial charge in [0.05, 0.1) is 0 Å². The van der Waals surface area contributed by atoms with Crippen LogP contribution in [-0.2, 0) is 0 Å². The third-order valence-electron chi connectivity index (χ3n) is 14.9. The van der Waals surface area contributed by atoms with Crippen LogP contribution in [0.1, 0.15) is 387 Å². The van der Waals surface area contributed by atoms with Gasteiger partial charge in [-0.05, 0) is 118 Å². The second kappa shape index (κ2) is 55.7. The zero-order valence-electron chi connectivity index (χ0n) is 60.5. The monoisotopic (exact) mass is 1030 g/mol. The van der Waals surface area contributed by atoms with Gasteiger partial charge in [0.15, 0.2) is 0 Å². The largest absolute Gasteiger partial charge is 0.0683 e. The lowest BCUT2D eigenvalue weighted by Crippen LogP contribution is -2.32. The zero-order chi connectivity index (χ0) is 60.5. The molecule has 2 aliphatic carbocycles. The quantitative estimate of drug-likeness (QED) is 0.227. The molecule has 2 rings (SSSR count). The summed E-state index contributed by atoms with van der Waals surface area (Å²) in [7, 11) is 0. The molecule has 0 saturated heterocycles. The maximum Gasteiger partial charge on any atom is -0.0347 e. The third kappa shape index (κ3) is 99.1. The van der Waals surface area contributed by atoms with E-state index in [2.05, 4.69) is 270 Å². The summed E-state index contributed by atoms with van der Waals surface area (Å²) in [6.07, 6.45) is 21.7. The van der Waals surface area contributed by atoms with Crippen LogP contribution in [-0.4, -0.2) is 0 Å². The molecule has 0 aliphatic heterocycles. The first-order chi connectivity index (χ1) is 32.2. The molecule has 0 amide bonds. The van der Waals surface area contributed by atoms with E-state index in [9.17, 15) is 0 Å². The van der Waals surface area contributed by atoms with Gasteiger partial charge >= 0.3 is 0 Å². The normalized spacial score (nSPS) is 15.7. The Balaban J connectivity index is -0.0000000744. The van der Waals surface area contributed by atoms with E-state index in [1.165, 1.54) is 103 Å². The molecular weight excluding hydrogens is 865 g/mol. The van der Waals surface area contributed by atoms with Crippen LogP contribution in [0.3, 0.4) is 0 Å². The predicted molar refractivity (Wildman–Crippen MR) is 353 cm³/mol. The highest BCUT2D eigenvalue weighted by Gasteiger charge is 2.36. The van der Waals surface area contributed by atoms with Crippen LogP contribution >= 0.6 is 0 Å². The Morgan fingerprint density at radius 1 is 0.444 bits per heavy atom. The molecule has 2 fully saturated rings. The molecular formula is C72H164. The van der Waals surface area contributed by atoms with Crippen LogP contribution in [0.4, 0.5) is 0 Å². The van der Waals surface area contributed by atoms with Gasteiger partial charge in [0.25, 0.3) is 0 Å². The van der Waals surface area contributed by atoms with Crippen molar-refractivity contribution in [1.29, 1.82) is 0 Å². The Morgan fingerprint density at radius 2 is 0.694 bits per heavy atom.